The Kier molecular flexibility index (Phi) is 7.65. The lowest BCUT2D eigenvalue weighted by molar-refractivity contribution is -0.119. The third-order valence-corrected chi connectivity index (χ3v) is 4.64. The molecule has 0 spiro atoms. The van der Waals surface area contributed by atoms with E-state index < -0.39 is 0 Å². The average molecular weight is 366 g/mol. The van der Waals surface area contributed by atoms with E-state index in [0.717, 1.165) is 12.0 Å². The Morgan fingerprint density at radius 3 is 2.67 bits per heavy atom. The zero-order valence-electron chi connectivity index (χ0n) is 14.2. The largest absolute Gasteiger partial charge is 0.415 e. The van der Waals surface area contributed by atoms with Crippen molar-refractivity contribution in [3.63, 3.8) is 0 Å². The van der Waals surface area contributed by atoms with Gasteiger partial charge in [-0.2, -0.15) is 11.8 Å². The van der Waals surface area contributed by atoms with Crippen molar-refractivity contribution in [2.24, 2.45) is 5.92 Å². The van der Waals surface area contributed by atoms with E-state index in [9.17, 15) is 4.79 Å². The summed E-state index contributed by atoms with van der Waals surface area (Å²) < 4.78 is 5.47. The lowest BCUT2D eigenvalue weighted by Crippen LogP contribution is -2.30. The van der Waals surface area contributed by atoms with Crippen molar-refractivity contribution in [2.45, 2.75) is 37.3 Å². The monoisotopic (exact) mass is 365 g/mol. The van der Waals surface area contributed by atoms with Crippen LogP contribution in [0.25, 0.3) is 0 Å². The van der Waals surface area contributed by atoms with Gasteiger partial charge in [0.15, 0.2) is 0 Å². The first kappa shape index (κ1) is 18.9. The molecule has 1 aromatic heterocycles. The highest BCUT2D eigenvalue weighted by molar-refractivity contribution is 7.99. The molecule has 1 aromatic carbocycles. The number of hydrogen-bond donors (Lipinski definition) is 1. The zero-order chi connectivity index (χ0) is 17.4. The molecule has 0 aliphatic carbocycles. The standard InChI is InChI=1S/C17H23N3O2S2/c1-12(2)9-14(13-7-5-4-6-8-13)18-15(21)10-24-17-20-19-16(22-17)11-23-3/h4-8,12,14H,9-11H2,1-3H3,(H,18,21). The quantitative estimate of drug-likeness (QED) is 0.679. The molecule has 0 fully saturated rings. The van der Waals surface area contributed by atoms with Gasteiger partial charge in [-0.1, -0.05) is 55.9 Å². The van der Waals surface area contributed by atoms with Crippen molar-refractivity contribution in [1.82, 2.24) is 15.5 Å². The summed E-state index contributed by atoms with van der Waals surface area (Å²) in [6, 6.07) is 10.1. The lowest BCUT2D eigenvalue weighted by atomic mass is 9.97. The summed E-state index contributed by atoms with van der Waals surface area (Å²) in [6.07, 6.45) is 2.88. The molecule has 0 saturated carbocycles. The number of thioether (sulfide) groups is 2. The molecule has 0 bridgehead atoms. The molecule has 0 saturated heterocycles. The number of aromatic nitrogens is 2. The van der Waals surface area contributed by atoms with Gasteiger partial charge in [-0.05, 0) is 24.2 Å². The van der Waals surface area contributed by atoms with Crippen LogP contribution >= 0.6 is 23.5 Å². The summed E-state index contributed by atoms with van der Waals surface area (Å²) in [5, 5.41) is 11.4. The Bertz CT molecular complexity index is 632. The maximum absolute atomic E-state index is 12.3. The highest BCUT2D eigenvalue weighted by Gasteiger charge is 2.17. The number of rotatable bonds is 9. The minimum absolute atomic E-state index is 0.0223. The fourth-order valence-electron chi connectivity index (χ4n) is 2.28. The highest BCUT2D eigenvalue weighted by Crippen LogP contribution is 2.22. The molecule has 5 nitrogen and oxygen atoms in total. The maximum Gasteiger partial charge on any atom is 0.277 e. The summed E-state index contributed by atoms with van der Waals surface area (Å²) in [5.41, 5.74) is 1.13. The number of nitrogens with zero attached hydrogens (tertiary/aromatic N) is 2. The molecular weight excluding hydrogens is 342 g/mol. The summed E-state index contributed by atoms with van der Waals surface area (Å²) in [5.74, 6) is 2.01. The number of hydrogen-bond acceptors (Lipinski definition) is 6. The summed E-state index contributed by atoms with van der Waals surface area (Å²) >= 11 is 2.89. The molecule has 1 N–H and O–H groups in total. The van der Waals surface area contributed by atoms with Crippen molar-refractivity contribution in [3.8, 4) is 0 Å². The van der Waals surface area contributed by atoms with Crippen molar-refractivity contribution in [3.05, 3.63) is 41.8 Å². The second-order valence-corrected chi connectivity index (χ2v) is 7.64. The first-order valence-electron chi connectivity index (χ1n) is 7.87. The van der Waals surface area contributed by atoms with E-state index in [2.05, 4.69) is 29.4 Å². The third-order valence-electron chi connectivity index (χ3n) is 3.29. The Morgan fingerprint density at radius 1 is 1.25 bits per heavy atom. The molecule has 1 amide bonds. The maximum atomic E-state index is 12.3. The van der Waals surface area contributed by atoms with Gasteiger partial charge in [0.1, 0.15) is 0 Å². The molecular formula is C17H23N3O2S2. The van der Waals surface area contributed by atoms with Crippen LogP contribution in [0.1, 0.15) is 37.8 Å². The van der Waals surface area contributed by atoms with Gasteiger partial charge in [-0.15, -0.1) is 10.2 Å². The van der Waals surface area contributed by atoms with Crippen LogP contribution in [0.4, 0.5) is 0 Å². The second kappa shape index (κ2) is 9.74. The van der Waals surface area contributed by atoms with Gasteiger partial charge in [0.2, 0.25) is 11.8 Å². The topological polar surface area (TPSA) is 68.0 Å². The van der Waals surface area contributed by atoms with Gasteiger partial charge in [0.05, 0.1) is 17.5 Å². The predicted molar refractivity (Wildman–Crippen MR) is 99.0 cm³/mol. The molecule has 0 aliphatic heterocycles. The van der Waals surface area contributed by atoms with E-state index in [0.29, 0.717) is 22.8 Å². The van der Waals surface area contributed by atoms with E-state index in [1.807, 2.05) is 36.6 Å². The first-order valence-corrected chi connectivity index (χ1v) is 10.2. The minimum atomic E-state index is -0.0286. The van der Waals surface area contributed by atoms with Gasteiger partial charge in [0.25, 0.3) is 5.22 Å². The van der Waals surface area contributed by atoms with Crippen LogP contribution in [-0.2, 0) is 10.5 Å². The summed E-state index contributed by atoms with van der Waals surface area (Å²) in [4.78, 5) is 12.3. The molecule has 7 heteroatoms. The molecule has 24 heavy (non-hydrogen) atoms. The van der Waals surface area contributed by atoms with Crippen LogP contribution in [0.3, 0.4) is 0 Å². The first-order chi connectivity index (χ1) is 11.6. The average Bonchev–Trinajstić information content (AvgIpc) is 3.01. The molecule has 2 rings (SSSR count). The van der Waals surface area contributed by atoms with Gasteiger partial charge in [0, 0.05) is 0 Å². The number of carbonyl (C=O) groups excluding carboxylic acids is 1. The van der Waals surface area contributed by atoms with Gasteiger partial charge >= 0.3 is 0 Å². The third kappa shape index (κ3) is 6.20. The molecule has 1 heterocycles. The second-order valence-electron chi connectivity index (χ2n) is 5.84. The molecule has 0 radical (unpaired) electrons. The Hall–Kier alpha value is -1.47. The number of benzene rings is 1. The van der Waals surface area contributed by atoms with Crippen molar-refractivity contribution in [2.75, 3.05) is 12.0 Å². The van der Waals surface area contributed by atoms with Gasteiger partial charge in [-0.25, -0.2) is 0 Å². The molecule has 1 atom stereocenters. The smallest absolute Gasteiger partial charge is 0.277 e. The van der Waals surface area contributed by atoms with Crippen LogP contribution in [0.5, 0.6) is 0 Å². The number of carbonyl (C=O) groups is 1. The normalized spacial score (nSPS) is 12.3. The van der Waals surface area contributed by atoms with Gasteiger partial charge in [-0.3, -0.25) is 4.79 Å². The van der Waals surface area contributed by atoms with Crippen LogP contribution in [0, 0.1) is 5.92 Å². The molecule has 0 aliphatic rings. The zero-order valence-corrected chi connectivity index (χ0v) is 15.8. The van der Waals surface area contributed by atoms with Crippen molar-refractivity contribution < 1.29 is 9.21 Å². The summed E-state index contributed by atoms with van der Waals surface area (Å²) in [6.45, 7) is 4.31. The van der Waals surface area contributed by atoms with Crippen molar-refractivity contribution >= 4 is 29.4 Å². The highest BCUT2D eigenvalue weighted by atomic mass is 32.2. The van der Waals surface area contributed by atoms with Crippen molar-refractivity contribution in [1.29, 1.82) is 0 Å². The van der Waals surface area contributed by atoms with E-state index in [4.69, 9.17) is 4.42 Å². The van der Waals surface area contributed by atoms with Crippen LogP contribution in [-0.4, -0.2) is 28.1 Å². The Labute approximate surface area is 151 Å². The fraction of sp³-hybridized carbons (Fsp3) is 0.471. The van der Waals surface area contributed by atoms with Gasteiger partial charge < -0.3 is 9.73 Å². The SMILES string of the molecule is CSCc1nnc(SCC(=O)NC(CC(C)C)c2ccccc2)o1. The minimum Gasteiger partial charge on any atom is -0.415 e. The number of amides is 1. The number of nitrogens with one attached hydrogen (secondary N) is 1. The Balaban J connectivity index is 1.90. The van der Waals surface area contributed by atoms with Crippen LogP contribution < -0.4 is 5.32 Å². The summed E-state index contributed by atoms with van der Waals surface area (Å²) in [7, 11) is 0. The predicted octanol–water partition coefficient (Wildman–Crippen LogP) is 3.93. The Morgan fingerprint density at radius 2 is 2.00 bits per heavy atom. The fourth-order valence-corrected chi connectivity index (χ4v) is 3.23. The van der Waals surface area contributed by atoms with E-state index in [1.165, 1.54) is 11.8 Å². The lowest BCUT2D eigenvalue weighted by Gasteiger charge is -2.21. The van der Waals surface area contributed by atoms with E-state index in [1.54, 1.807) is 11.8 Å². The molecule has 130 valence electrons. The van der Waals surface area contributed by atoms with Crippen LogP contribution in [0.15, 0.2) is 40.0 Å². The van der Waals surface area contributed by atoms with E-state index in [-0.39, 0.29) is 17.7 Å². The van der Waals surface area contributed by atoms with Crippen LogP contribution in [0.2, 0.25) is 0 Å². The van der Waals surface area contributed by atoms with E-state index >= 15 is 0 Å². The molecule has 1 unspecified atom stereocenters. The molecule has 2 aromatic rings.